The highest BCUT2D eigenvalue weighted by Gasteiger charge is 2.25. The molecule has 10 nitrogen and oxygen atoms in total. The highest BCUT2D eigenvalue weighted by atomic mass is 35.5. The zero-order valence-electron chi connectivity index (χ0n) is 23.2. The molecule has 1 fully saturated rings. The standard InChI is InChI=1S/C31H27Cl2N7O3/c1-38-27-8-6-24(43-31-35-17-23(18-36-31)37-29(41)20-5-7-25(32)26(33)15-20)14-21(27)16-28(38)30(42)40-12-10-39(11-13-40)19-22-4-2-3-9-34-22/h2-9,14-18H,10-13,19H2,1H3,(H,37,41). The fourth-order valence-corrected chi connectivity index (χ4v) is 5.27. The number of rotatable bonds is 7. The minimum absolute atomic E-state index is 0.000459. The van der Waals surface area contributed by atoms with Gasteiger partial charge in [-0.3, -0.25) is 19.5 Å². The summed E-state index contributed by atoms with van der Waals surface area (Å²) in [6.45, 7) is 3.68. The van der Waals surface area contributed by atoms with E-state index in [1.165, 1.54) is 18.5 Å². The molecular formula is C31H27Cl2N7O3. The number of hydrogen-bond acceptors (Lipinski definition) is 7. The first-order valence-electron chi connectivity index (χ1n) is 13.6. The highest BCUT2D eigenvalue weighted by Crippen LogP contribution is 2.28. The maximum atomic E-state index is 13.4. The van der Waals surface area contributed by atoms with Gasteiger partial charge in [-0.15, -0.1) is 0 Å². The van der Waals surface area contributed by atoms with E-state index in [1.54, 1.807) is 24.4 Å². The topological polar surface area (TPSA) is 105 Å². The smallest absolute Gasteiger partial charge is 0.322 e. The Hall–Kier alpha value is -4.51. The Bertz CT molecular complexity index is 1790. The number of piperazine rings is 1. The number of aryl methyl sites for hydroxylation is 1. The van der Waals surface area contributed by atoms with E-state index in [4.69, 9.17) is 27.9 Å². The van der Waals surface area contributed by atoms with Crippen LogP contribution in [0.4, 0.5) is 5.69 Å². The van der Waals surface area contributed by atoms with Gasteiger partial charge in [-0.05, 0) is 54.6 Å². The predicted octanol–water partition coefficient (Wildman–Crippen LogP) is 5.67. The van der Waals surface area contributed by atoms with E-state index >= 15 is 0 Å². The lowest BCUT2D eigenvalue weighted by molar-refractivity contribution is 0.0618. The van der Waals surface area contributed by atoms with E-state index in [-0.39, 0.29) is 22.8 Å². The van der Waals surface area contributed by atoms with Gasteiger partial charge in [-0.1, -0.05) is 29.3 Å². The molecular weight excluding hydrogens is 589 g/mol. The molecule has 12 heteroatoms. The van der Waals surface area contributed by atoms with Crippen LogP contribution in [0.5, 0.6) is 11.8 Å². The maximum absolute atomic E-state index is 13.4. The molecule has 1 aliphatic heterocycles. The van der Waals surface area contributed by atoms with Crippen molar-refractivity contribution in [2.24, 2.45) is 7.05 Å². The molecule has 0 spiro atoms. The van der Waals surface area contributed by atoms with E-state index in [0.29, 0.717) is 40.8 Å². The van der Waals surface area contributed by atoms with Crippen molar-refractivity contribution in [3.8, 4) is 11.8 Å². The molecule has 43 heavy (non-hydrogen) atoms. The molecule has 2 aromatic carbocycles. The molecule has 3 aromatic heterocycles. The van der Waals surface area contributed by atoms with Crippen molar-refractivity contribution in [1.29, 1.82) is 0 Å². The summed E-state index contributed by atoms with van der Waals surface area (Å²) in [5.41, 5.74) is 3.30. The van der Waals surface area contributed by atoms with Gasteiger partial charge in [-0.25, -0.2) is 9.97 Å². The van der Waals surface area contributed by atoms with Gasteiger partial charge in [-0.2, -0.15) is 0 Å². The number of aromatic nitrogens is 4. The molecule has 0 unspecified atom stereocenters. The molecule has 0 atom stereocenters. The SMILES string of the molecule is Cn1c(C(=O)N2CCN(Cc3ccccn3)CC2)cc2cc(Oc3ncc(NC(=O)c4ccc(Cl)c(Cl)c4)cn3)ccc21. The van der Waals surface area contributed by atoms with Crippen LogP contribution in [0.25, 0.3) is 10.9 Å². The Morgan fingerprint density at radius 1 is 0.907 bits per heavy atom. The Kier molecular flexibility index (Phi) is 8.24. The number of amides is 2. The number of halogens is 2. The van der Waals surface area contributed by atoms with Gasteiger partial charge in [0.1, 0.15) is 11.4 Å². The average Bonchev–Trinajstić information content (AvgIpc) is 3.35. The molecule has 0 radical (unpaired) electrons. The summed E-state index contributed by atoms with van der Waals surface area (Å²) in [7, 11) is 1.89. The number of nitrogens with one attached hydrogen (secondary N) is 1. The van der Waals surface area contributed by atoms with Crippen molar-refractivity contribution in [3.63, 3.8) is 0 Å². The quantitative estimate of drug-likeness (QED) is 0.251. The molecule has 1 saturated heterocycles. The first-order chi connectivity index (χ1) is 20.8. The number of carbonyl (C=O) groups is 2. The molecule has 4 heterocycles. The zero-order valence-corrected chi connectivity index (χ0v) is 24.7. The van der Waals surface area contributed by atoms with Gasteiger partial charge in [0, 0.05) is 62.4 Å². The summed E-state index contributed by atoms with van der Waals surface area (Å²) in [4.78, 5) is 43.0. The average molecular weight is 617 g/mol. The molecule has 2 amide bonds. The Morgan fingerprint density at radius 3 is 2.42 bits per heavy atom. The molecule has 1 aliphatic rings. The second-order valence-corrected chi connectivity index (χ2v) is 11.0. The lowest BCUT2D eigenvalue weighted by Crippen LogP contribution is -2.48. The van der Waals surface area contributed by atoms with Gasteiger partial charge in [0.2, 0.25) is 0 Å². The number of anilines is 1. The van der Waals surface area contributed by atoms with Gasteiger partial charge < -0.3 is 19.5 Å². The summed E-state index contributed by atoms with van der Waals surface area (Å²) in [5.74, 6) is 0.149. The summed E-state index contributed by atoms with van der Waals surface area (Å²) < 4.78 is 7.77. The second-order valence-electron chi connectivity index (χ2n) is 10.1. The third kappa shape index (κ3) is 6.46. The van der Waals surface area contributed by atoms with Crippen LogP contribution >= 0.6 is 23.2 Å². The van der Waals surface area contributed by atoms with Gasteiger partial charge in [0.15, 0.2) is 0 Å². The van der Waals surface area contributed by atoms with E-state index in [2.05, 4.69) is 25.2 Å². The first kappa shape index (κ1) is 28.6. The van der Waals surface area contributed by atoms with Crippen molar-refractivity contribution in [2.75, 3.05) is 31.5 Å². The molecule has 0 saturated carbocycles. The maximum Gasteiger partial charge on any atom is 0.322 e. The number of nitrogens with zero attached hydrogens (tertiary/aromatic N) is 6. The molecule has 218 valence electrons. The second kappa shape index (κ2) is 12.4. The number of fused-ring (bicyclic) bond motifs is 1. The highest BCUT2D eigenvalue weighted by molar-refractivity contribution is 6.42. The summed E-state index contributed by atoms with van der Waals surface area (Å²) in [6, 6.07) is 18.1. The summed E-state index contributed by atoms with van der Waals surface area (Å²) >= 11 is 11.9. The Balaban J connectivity index is 1.08. The summed E-state index contributed by atoms with van der Waals surface area (Å²) in [6.07, 6.45) is 4.70. The fourth-order valence-electron chi connectivity index (χ4n) is 4.97. The monoisotopic (exact) mass is 615 g/mol. The fraction of sp³-hybridized carbons (Fsp3) is 0.194. The largest absolute Gasteiger partial charge is 0.424 e. The van der Waals surface area contributed by atoms with Crippen molar-refractivity contribution < 1.29 is 14.3 Å². The van der Waals surface area contributed by atoms with Gasteiger partial charge in [0.25, 0.3) is 11.8 Å². The van der Waals surface area contributed by atoms with Gasteiger partial charge >= 0.3 is 6.01 Å². The van der Waals surface area contributed by atoms with E-state index in [0.717, 1.165) is 36.2 Å². The Labute approximate surface area is 257 Å². The minimum atomic E-state index is -0.373. The lowest BCUT2D eigenvalue weighted by Gasteiger charge is -2.34. The predicted molar refractivity (Wildman–Crippen MR) is 165 cm³/mol. The number of benzene rings is 2. The Morgan fingerprint density at radius 2 is 1.70 bits per heavy atom. The third-order valence-electron chi connectivity index (χ3n) is 7.28. The van der Waals surface area contributed by atoms with E-state index in [1.807, 2.05) is 52.9 Å². The lowest BCUT2D eigenvalue weighted by atomic mass is 10.2. The summed E-state index contributed by atoms with van der Waals surface area (Å²) in [5, 5.41) is 4.23. The van der Waals surface area contributed by atoms with Crippen LogP contribution in [-0.4, -0.2) is 67.3 Å². The van der Waals surface area contributed by atoms with Crippen LogP contribution in [0.15, 0.2) is 79.3 Å². The van der Waals surface area contributed by atoms with Crippen molar-refractivity contribution in [3.05, 3.63) is 106 Å². The van der Waals surface area contributed by atoms with Crippen LogP contribution in [0.1, 0.15) is 26.5 Å². The van der Waals surface area contributed by atoms with Crippen LogP contribution in [0, 0.1) is 0 Å². The number of pyridine rings is 1. The van der Waals surface area contributed by atoms with Crippen molar-refractivity contribution >= 4 is 51.6 Å². The number of carbonyl (C=O) groups excluding carboxylic acids is 2. The van der Waals surface area contributed by atoms with E-state index in [9.17, 15) is 9.59 Å². The van der Waals surface area contributed by atoms with Crippen molar-refractivity contribution in [2.45, 2.75) is 6.54 Å². The molecule has 6 rings (SSSR count). The normalized spacial score (nSPS) is 13.7. The van der Waals surface area contributed by atoms with Crippen LogP contribution in [-0.2, 0) is 13.6 Å². The molecule has 5 aromatic rings. The van der Waals surface area contributed by atoms with Crippen LogP contribution < -0.4 is 10.1 Å². The zero-order chi connectivity index (χ0) is 29.9. The van der Waals surface area contributed by atoms with Crippen LogP contribution in [0.2, 0.25) is 10.0 Å². The van der Waals surface area contributed by atoms with Crippen molar-refractivity contribution in [1.82, 2.24) is 29.3 Å². The van der Waals surface area contributed by atoms with Gasteiger partial charge in [0.05, 0.1) is 33.8 Å². The molecule has 0 aliphatic carbocycles. The number of ether oxygens (including phenoxy) is 1. The number of hydrogen-bond donors (Lipinski definition) is 1. The minimum Gasteiger partial charge on any atom is -0.424 e. The molecule has 0 bridgehead atoms. The van der Waals surface area contributed by atoms with Crippen LogP contribution in [0.3, 0.4) is 0 Å². The third-order valence-corrected chi connectivity index (χ3v) is 8.02. The first-order valence-corrected chi connectivity index (χ1v) is 14.4. The molecule has 1 N–H and O–H groups in total. The van der Waals surface area contributed by atoms with E-state index < -0.39 is 0 Å².